The van der Waals surface area contributed by atoms with Crippen LogP contribution in [0.15, 0.2) is 0 Å². The molecule has 1 rings (SSSR count). The first-order valence-corrected chi connectivity index (χ1v) is 6.20. The molecule has 12 heavy (non-hydrogen) atoms. The Kier molecular flexibility index (Phi) is 3.91. The van der Waals surface area contributed by atoms with E-state index in [1.165, 1.54) is 37.2 Å². The van der Waals surface area contributed by atoms with Crippen molar-refractivity contribution < 1.29 is 0 Å². The van der Waals surface area contributed by atoms with Crippen LogP contribution >= 0.6 is 11.8 Å². The van der Waals surface area contributed by atoms with Crippen LogP contribution in [0.3, 0.4) is 0 Å². The number of thioether (sulfide) groups is 1. The molecule has 1 aliphatic carbocycles. The molecule has 0 amide bonds. The summed E-state index contributed by atoms with van der Waals surface area (Å²) in [6.07, 6.45) is 5.47. The first-order chi connectivity index (χ1) is 5.71. The standard InChI is InChI=1S/C10H21NS/c1-3-12-8-4-5-10(6-7-10)9(2)11/h9H,3-8,11H2,1-2H3. The van der Waals surface area contributed by atoms with Crippen molar-refractivity contribution in [2.45, 2.75) is 45.6 Å². The van der Waals surface area contributed by atoms with E-state index in [9.17, 15) is 0 Å². The van der Waals surface area contributed by atoms with Gasteiger partial charge in [0.15, 0.2) is 0 Å². The fourth-order valence-corrected chi connectivity index (χ4v) is 2.40. The Labute approximate surface area is 80.5 Å². The van der Waals surface area contributed by atoms with Crippen molar-refractivity contribution in [3.63, 3.8) is 0 Å². The van der Waals surface area contributed by atoms with Crippen LogP contribution in [0.2, 0.25) is 0 Å². The summed E-state index contributed by atoms with van der Waals surface area (Å²) in [4.78, 5) is 0. The van der Waals surface area contributed by atoms with Crippen LogP contribution in [0.25, 0.3) is 0 Å². The minimum atomic E-state index is 0.420. The topological polar surface area (TPSA) is 26.0 Å². The van der Waals surface area contributed by atoms with Gasteiger partial charge in [0.2, 0.25) is 0 Å². The van der Waals surface area contributed by atoms with Gasteiger partial charge in [0, 0.05) is 6.04 Å². The van der Waals surface area contributed by atoms with Gasteiger partial charge in [-0.2, -0.15) is 11.8 Å². The Morgan fingerprint density at radius 1 is 1.50 bits per heavy atom. The molecule has 2 heteroatoms. The van der Waals surface area contributed by atoms with E-state index < -0.39 is 0 Å². The first kappa shape index (κ1) is 10.4. The second kappa shape index (κ2) is 4.52. The molecule has 1 aliphatic rings. The Morgan fingerprint density at radius 2 is 2.17 bits per heavy atom. The van der Waals surface area contributed by atoms with Crippen molar-refractivity contribution in [2.24, 2.45) is 11.1 Å². The fraction of sp³-hybridized carbons (Fsp3) is 1.00. The average Bonchev–Trinajstić information content (AvgIpc) is 2.79. The summed E-state index contributed by atoms with van der Waals surface area (Å²) in [5, 5.41) is 0. The van der Waals surface area contributed by atoms with E-state index in [0.717, 1.165) is 0 Å². The molecule has 0 saturated heterocycles. The van der Waals surface area contributed by atoms with Gasteiger partial charge in [-0.25, -0.2) is 0 Å². The summed E-state index contributed by atoms with van der Waals surface area (Å²) < 4.78 is 0. The second-order valence-corrected chi connectivity index (χ2v) is 5.35. The molecule has 1 saturated carbocycles. The van der Waals surface area contributed by atoms with Crippen LogP contribution < -0.4 is 5.73 Å². The van der Waals surface area contributed by atoms with E-state index in [-0.39, 0.29) is 0 Å². The highest BCUT2D eigenvalue weighted by Crippen LogP contribution is 2.51. The van der Waals surface area contributed by atoms with Crippen LogP contribution in [0.4, 0.5) is 0 Å². The Hall–Kier alpha value is 0.310. The average molecular weight is 187 g/mol. The molecule has 1 atom stereocenters. The van der Waals surface area contributed by atoms with Gasteiger partial charge in [0.05, 0.1) is 0 Å². The molecule has 1 nitrogen and oxygen atoms in total. The molecule has 0 bridgehead atoms. The van der Waals surface area contributed by atoms with Crippen LogP contribution in [0.1, 0.15) is 39.5 Å². The predicted octanol–water partition coefficient (Wildman–Crippen LogP) is 2.65. The van der Waals surface area contributed by atoms with Crippen molar-refractivity contribution in [3.8, 4) is 0 Å². The number of nitrogens with two attached hydrogens (primary N) is 1. The van der Waals surface area contributed by atoms with E-state index in [2.05, 4.69) is 13.8 Å². The third-order valence-electron chi connectivity index (χ3n) is 3.03. The first-order valence-electron chi connectivity index (χ1n) is 5.04. The van der Waals surface area contributed by atoms with Gasteiger partial charge in [-0.05, 0) is 49.5 Å². The van der Waals surface area contributed by atoms with Gasteiger partial charge in [-0.15, -0.1) is 0 Å². The van der Waals surface area contributed by atoms with Gasteiger partial charge in [-0.3, -0.25) is 0 Å². The predicted molar refractivity (Wildman–Crippen MR) is 57.5 cm³/mol. The third-order valence-corrected chi connectivity index (χ3v) is 4.01. The zero-order chi connectivity index (χ0) is 9.03. The molecule has 0 aromatic heterocycles. The van der Waals surface area contributed by atoms with Crippen molar-refractivity contribution in [1.29, 1.82) is 0 Å². The Bertz CT molecular complexity index is 130. The van der Waals surface area contributed by atoms with Crippen molar-refractivity contribution in [2.75, 3.05) is 11.5 Å². The highest BCUT2D eigenvalue weighted by Gasteiger charge is 2.44. The molecular formula is C10H21NS. The smallest absolute Gasteiger partial charge is 0.00670 e. The molecule has 0 aromatic carbocycles. The second-order valence-electron chi connectivity index (χ2n) is 3.95. The van der Waals surface area contributed by atoms with Crippen LogP contribution in [-0.2, 0) is 0 Å². The zero-order valence-electron chi connectivity index (χ0n) is 8.31. The van der Waals surface area contributed by atoms with Crippen molar-refractivity contribution in [3.05, 3.63) is 0 Å². The lowest BCUT2D eigenvalue weighted by atomic mass is 9.93. The number of rotatable bonds is 6. The SMILES string of the molecule is CCSCCCC1(C(C)N)CC1. The highest BCUT2D eigenvalue weighted by atomic mass is 32.2. The maximum atomic E-state index is 5.94. The summed E-state index contributed by atoms with van der Waals surface area (Å²) in [6, 6.07) is 0.420. The minimum absolute atomic E-state index is 0.420. The lowest BCUT2D eigenvalue weighted by Gasteiger charge is -2.18. The fourth-order valence-electron chi connectivity index (χ4n) is 1.76. The van der Waals surface area contributed by atoms with Gasteiger partial charge >= 0.3 is 0 Å². The summed E-state index contributed by atoms with van der Waals surface area (Å²) in [5.41, 5.74) is 6.50. The Morgan fingerprint density at radius 3 is 2.58 bits per heavy atom. The maximum Gasteiger partial charge on any atom is 0.00670 e. The van der Waals surface area contributed by atoms with Crippen molar-refractivity contribution >= 4 is 11.8 Å². The molecule has 0 radical (unpaired) electrons. The number of hydrogen-bond donors (Lipinski definition) is 1. The molecule has 0 aliphatic heterocycles. The maximum absolute atomic E-state index is 5.94. The quantitative estimate of drug-likeness (QED) is 0.647. The summed E-state index contributed by atoms with van der Waals surface area (Å²) in [7, 11) is 0. The molecule has 1 unspecified atom stereocenters. The molecule has 1 fully saturated rings. The zero-order valence-corrected chi connectivity index (χ0v) is 9.12. The van der Waals surface area contributed by atoms with E-state index >= 15 is 0 Å². The lowest BCUT2D eigenvalue weighted by molar-refractivity contribution is 0.387. The summed E-state index contributed by atoms with van der Waals surface area (Å²) in [5.74, 6) is 2.58. The Balaban J connectivity index is 2.06. The molecule has 2 N–H and O–H groups in total. The van der Waals surface area contributed by atoms with E-state index in [1.54, 1.807) is 0 Å². The van der Waals surface area contributed by atoms with Gasteiger partial charge in [0.1, 0.15) is 0 Å². The summed E-state index contributed by atoms with van der Waals surface area (Å²) in [6.45, 7) is 4.39. The van der Waals surface area contributed by atoms with E-state index in [1.807, 2.05) is 11.8 Å². The normalized spacial score (nSPS) is 22.2. The minimum Gasteiger partial charge on any atom is -0.327 e. The van der Waals surface area contributed by atoms with Crippen LogP contribution in [0, 0.1) is 5.41 Å². The van der Waals surface area contributed by atoms with Crippen LogP contribution in [0.5, 0.6) is 0 Å². The van der Waals surface area contributed by atoms with Gasteiger partial charge < -0.3 is 5.73 Å². The van der Waals surface area contributed by atoms with E-state index in [4.69, 9.17) is 5.73 Å². The largest absolute Gasteiger partial charge is 0.327 e. The molecule has 0 spiro atoms. The molecule has 72 valence electrons. The van der Waals surface area contributed by atoms with E-state index in [0.29, 0.717) is 11.5 Å². The highest BCUT2D eigenvalue weighted by molar-refractivity contribution is 7.99. The third kappa shape index (κ3) is 2.67. The molecule has 0 heterocycles. The molecular weight excluding hydrogens is 166 g/mol. The number of hydrogen-bond acceptors (Lipinski definition) is 2. The molecule has 0 aromatic rings. The monoisotopic (exact) mass is 187 g/mol. The lowest BCUT2D eigenvalue weighted by Crippen LogP contribution is -2.28. The van der Waals surface area contributed by atoms with Gasteiger partial charge in [0.25, 0.3) is 0 Å². The van der Waals surface area contributed by atoms with Crippen molar-refractivity contribution in [1.82, 2.24) is 0 Å². The van der Waals surface area contributed by atoms with Gasteiger partial charge in [-0.1, -0.05) is 6.92 Å². The summed E-state index contributed by atoms with van der Waals surface area (Å²) >= 11 is 2.05. The van der Waals surface area contributed by atoms with Crippen LogP contribution in [-0.4, -0.2) is 17.5 Å².